The van der Waals surface area contributed by atoms with Gasteiger partial charge in [-0.3, -0.25) is 14.5 Å². The number of carboxylic acids is 1. The molecule has 5 N–H and O–H groups in total. The molecule has 2 aliphatic heterocycles. The molecule has 16 heteroatoms. The highest BCUT2D eigenvalue weighted by molar-refractivity contribution is 8.01. The van der Waals surface area contributed by atoms with Crippen molar-refractivity contribution in [2.45, 2.75) is 22.9 Å². The number of β-lactam (4-membered cyclic amide) rings is 1. The molecule has 2 aliphatic rings. The number of oxime groups is 1. The van der Waals surface area contributed by atoms with Crippen molar-refractivity contribution < 1.29 is 28.9 Å². The van der Waals surface area contributed by atoms with E-state index in [2.05, 4.69) is 25.4 Å². The summed E-state index contributed by atoms with van der Waals surface area (Å²) in [5.41, 5.74) is 7.03. The van der Waals surface area contributed by atoms with Crippen LogP contribution in [-0.2, 0) is 32.9 Å². The summed E-state index contributed by atoms with van der Waals surface area (Å²) in [6.07, 6.45) is 6.86. The summed E-state index contributed by atoms with van der Waals surface area (Å²) in [4.78, 5) is 56.9. The van der Waals surface area contributed by atoms with Gasteiger partial charge >= 0.3 is 5.97 Å². The molecule has 0 aliphatic carbocycles. The van der Waals surface area contributed by atoms with Crippen LogP contribution in [0.15, 0.2) is 63.8 Å². The minimum atomic E-state index is -1.18. The molecule has 1 fully saturated rings. The van der Waals surface area contributed by atoms with Gasteiger partial charge < -0.3 is 26.0 Å². The second-order valence-corrected chi connectivity index (χ2v) is 11.5. The van der Waals surface area contributed by atoms with Gasteiger partial charge in [-0.1, -0.05) is 5.16 Å². The Balaban J connectivity index is 1.29. The number of thiazole rings is 1. The maximum absolute atomic E-state index is 13.2. The Kier molecular flexibility index (Phi) is 7.85. The average Bonchev–Trinajstić information content (AvgIpc) is 3.60. The molecule has 13 nitrogen and oxygen atoms in total. The van der Waals surface area contributed by atoms with Crippen LogP contribution in [0, 0.1) is 0 Å². The van der Waals surface area contributed by atoms with Crippen LogP contribution in [0.25, 0.3) is 0 Å². The molecule has 3 aromatic rings. The van der Waals surface area contributed by atoms with E-state index in [4.69, 9.17) is 10.6 Å². The van der Waals surface area contributed by atoms with Gasteiger partial charge in [0.15, 0.2) is 29.8 Å². The number of hydrogen-bond donors (Lipinski definition) is 4. The number of imidazole rings is 1. The number of pyridine rings is 1. The molecule has 0 spiro atoms. The molecule has 2 atom stereocenters. The van der Waals surface area contributed by atoms with Crippen molar-refractivity contribution in [1.29, 1.82) is 0 Å². The highest BCUT2D eigenvalue weighted by Gasteiger charge is 2.54. The number of H-pyrrole nitrogens is 1. The van der Waals surface area contributed by atoms with Gasteiger partial charge in [0, 0.05) is 33.9 Å². The number of fused-ring (bicyclic) bond motifs is 1. The van der Waals surface area contributed by atoms with Crippen LogP contribution in [0.4, 0.5) is 5.13 Å². The number of nitrogens with two attached hydrogens (primary N) is 1. The molecule has 0 saturated carbocycles. The molecule has 2 amide bonds. The first-order chi connectivity index (χ1) is 18.8. The molecule has 0 aromatic carbocycles. The lowest BCUT2D eigenvalue weighted by Gasteiger charge is -2.49. The predicted octanol–water partition coefficient (Wildman–Crippen LogP) is 0.725. The Morgan fingerprint density at radius 3 is 2.87 bits per heavy atom. The van der Waals surface area contributed by atoms with Crippen LogP contribution < -0.4 is 15.6 Å². The average molecular weight is 588 g/mol. The van der Waals surface area contributed by atoms with Crippen LogP contribution in [-0.4, -0.2) is 71.4 Å². The number of nitrogens with zero attached hydrogens (tertiary/aromatic N) is 5. The van der Waals surface area contributed by atoms with Gasteiger partial charge in [-0.15, -0.1) is 34.9 Å². The zero-order chi connectivity index (χ0) is 27.5. The molecule has 202 valence electrons. The van der Waals surface area contributed by atoms with E-state index in [-0.39, 0.29) is 28.8 Å². The fraction of sp³-hybridized carbons (Fsp3) is 0.261. The number of aryl methyl sites for hydroxylation is 1. The quantitative estimate of drug-likeness (QED) is 0.0868. The molecule has 0 bridgehead atoms. The third kappa shape index (κ3) is 5.76. The Morgan fingerprint density at radius 1 is 1.41 bits per heavy atom. The van der Waals surface area contributed by atoms with Crippen LogP contribution >= 0.6 is 34.9 Å². The lowest BCUT2D eigenvalue weighted by Crippen LogP contribution is -2.71. The van der Waals surface area contributed by atoms with Gasteiger partial charge in [-0.25, -0.2) is 19.3 Å². The van der Waals surface area contributed by atoms with Gasteiger partial charge in [-0.2, -0.15) is 0 Å². The number of hydrogen-bond acceptors (Lipinski definition) is 11. The number of aromatic nitrogens is 4. The highest BCUT2D eigenvalue weighted by atomic mass is 32.2. The number of carbonyl (C=O) groups excluding carboxylic acids is 2. The van der Waals surface area contributed by atoms with E-state index in [0.717, 1.165) is 16.2 Å². The number of aliphatic carboxylic acids is 1. The van der Waals surface area contributed by atoms with E-state index in [1.807, 2.05) is 36.1 Å². The van der Waals surface area contributed by atoms with Gasteiger partial charge in [-0.05, 0) is 5.57 Å². The number of rotatable bonds is 10. The summed E-state index contributed by atoms with van der Waals surface area (Å²) in [7, 11) is 1.91. The SMILES string of the molecule is C[n+]1ccc(SCC2=C(C(=O)O)N3C(=O)[C@@H](NC(=O)/C(=N\OCc4cnc[nH]4)c4csc(N)n4)[C@H]3SC2)cc1. The summed E-state index contributed by atoms with van der Waals surface area (Å²) >= 11 is 4.02. The largest absolute Gasteiger partial charge is 0.477 e. The summed E-state index contributed by atoms with van der Waals surface area (Å²) < 4.78 is 1.91. The molecular weight excluding hydrogens is 565 g/mol. The van der Waals surface area contributed by atoms with Gasteiger partial charge in [0.05, 0.1) is 18.2 Å². The van der Waals surface area contributed by atoms with E-state index in [1.54, 1.807) is 11.6 Å². The smallest absolute Gasteiger partial charge is 0.352 e. The van der Waals surface area contributed by atoms with Crippen LogP contribution in [0.1, 0.15) is 11.4 Å². The summed E-state index contributed by atoms with van der Waals surface area (Å²) in [6.45, 7) is 0.0278. The Bertz CT molecular complexity index is 1450. The predicted molar refractivity (Wildman–Crippen MR) is 144 cm³/mol. The first kappa shape index (κ1) is 26.7. The van der Waals surface area contributed by atoms with E-state index in [1.165, 1.54) is 34.8 Å². The first-order valence-electron chi connectivity index (χ1n) is 11.5. The van der Waals surface area contributed by atoms with Crippen LogP contribution in [0.5, 0.6) is 0 Å². The third-order valence-corrected chi connectivity index (χ3v) is 8.92. The first-order valence-corrected chi connectivity index (χ1v) is 14.4. The molecule has 5 rings (SSSR count). The monoisotopic (exact) mass is 587 g/mol. The van der Waals surface area contributed by atoms with Crippen molar-refractivity contribution in [3.63, 3.8) is 0 Å². The van der Waals surface area contributed by atoms with Crippen LogP contribution in [0.2, 0.25) is 0 Å². The summed E-state index contributed by atoms with van der Waals surface area (Å²) in [6, 6.07) is 2.95. The number of aromatic amines is 1. The number of carbonyl (C=O) groups is 3. The molecule has 3 aromatic heterocycles. The normalized spacial score (nSPS) is 18.9. The second-order valence-electron chi connectivity index (χ2n) is 8.47. The minimum absolute atomic E-state index is 0.0278. The standard InChI is InChI=1S/C23H22N8O5S3/c1-30-4-2-14(3-5-30)37-8-12-9-38-21-17(20(33)31(21)18(12)22(34)35)28-19(32)16(15-10-39-23(24)27-15)29-36-7-13-6-25-11-26-13/h2-6,10-11,17,21H,7-9H2,1H3,(H4-,24,25,26,27,28,32,34,35)/p+1/b29-16-/t17-,21-/m1/s1. The number of carboxylic acid groups (broad SMARTS) is 1. The molecule has 0 radical (unpaired) electrons. The van der Waals surface area contributed by atoms with Crippen LogP contribution in [0.3, 0.4) is 0 Å². The summed E-state index contributed by atoms with van der Waals surface area (Å²) in [5.74, 6) is -1.55. The van der Waals surface area contributed by atoms with Gasteiger partial charge in [0.2, 0.25) is 0 Å². The van der Waals surface area contributed by atoms with E-state index in [0.29, 0.717) is 22.8 Å². The molecule has 0 unspecified atom stereocenters. The topological polar surface area (TPSA) is 180 Å². The van der Waals surface area contributed by atoms with Crippen molar-refractivity contribution in [1.82, 2.24) is 25.2 Å². The van der Waals surface area contributed by atoms with Crippen molar-refractivity contribution in [3.8, 4) is 0 Å². The second kappa shape index (κ2) is 11.5. The molecule has 5 heterocycles. The summed E-state index contributed by atoms with van der Waals surface area (Å²) in [5, 5.41) is 17.8. The molecular formula is C23H23N8O5S3+. The fourth-order valence-corrected chi connectivity index (χ4v) is 6.81. The van der Waals surface area contributed by atoms with E-state index >= 15 is 0 Å². The number of nitrogens with one attached hydrogen (secondary N) is 2. The van der Waals surface area contributed by atoms with E-state index < -0.39 is 29.2 Å². The molecule has 1 saturated heterocycles. The molecule has 39 heavy (non-hydrogen) atoms. The van der Waals surface area contributed by atoms with Crippen molar-refractivity contribution in [3.05, 3.63) is 65.1 Å². The van der Waals surface area contributed by atoms with Gasteiger partial charge in [0.25, 0.3) is 11.8 Å². The van der Waals surface area contributed by atoms with Gasteiger partial charge in [0.1, 0.15) is 29.9 Å². The Hall–Kier alpha value is -3.89. The van der Waals surface area contributed by atoms with Crippen molar-refractivity contribution in [2.75, 3.05) is 17.2 Å². The van der Waals surface area contributed by atoms with Crippen molar-refractivity contribution in [2.24, 2.45) is 12.2 Å². The zero-order valence-electron chi connectivity index (χ0n) is 20.4. The maximum Gasteiger partial charge on any atom is 0.352 e. The number of anilines is 1. The highest BCUT2D eigenvalue weighted by Crippen LogP contribution is 2.41. The number of thioether (sulfide) groups is 2. The number of amides is 2. The maximum atomic E-state index is 13.2. The minimum Gasteiger partial charge on any atom is -0.477 e. The third-order valence-electron chi connectivity index (χ3n) is 5.81. The number of nitrogen functional groups attached to an aromatic ring is 1. The fourth-order valence-electron chi connectivity index (χ4n) is 3.89. The lowest BCUT2D eigenvalue weighted by atomic mass is 10.0. The van der Waals surface area contributed by atoms with E-state index in [9.17, 15) is 19.5 Å². The Labute approximate surface area is 234 Å². The lowest BCUT2D eigenvalue weighted by molar-refractivity contribution is -0.671. The van der Waals surface area contributed by atoms with Crippen molar-refractivity contribution >= 4 is 63.5 Å². The zero-order valence-corrected chi connectivity index (χ0v) is 22.9. The Morgan fingerprint density at radius 2 is 2.21 bits per heavy atom.